The van der Waals surface area contributed by atoms with Gasteiger partial charge >= 0.3 is 5.97 Å². The number of benzene rings is 1. The highest BCUT2D eigenvalue weighted by Gasteiger charge is 2.13. The summed E-state index contributed by atoms with van der Waals surface area (Å²) < 4.78 is 7.76. The first-order chi connectivity index (χ1) is 9.51. The largest absolute Gasteiger partial charge is 0.496 e. The van der Waals surface area contributed by atoms with Crippen LogP contribution in [0.2, 0.25) is 0 Å². The SMILES string of the molecule is COc1ccc(-c2cn(C)nc2CCC(=O)O)cc1Br. The van der Waals surface area contributed by atoms with E-state index in [1.54, 1.807) is 11.8 Å². The van der Waals surface area contributed by atoms with E-state index in [2.05, 4.69) is 21.0 Å². The van der Waals surface area contributed by atoms with Crippen molar-refractivity contribution in [1.82, 2.24) is 9.78 Å². The molecule has 1 N–H and O–H groups in total. The number of aryl methyl sites for hydroxylation is 2. The molecule has 0 atom stereocenters. The highest BCUT2D eigenvalue weighted by atomic mass is 79.9. The number of aliphatic carboxylic acids is 1. The third-order valence-electron chi connectivity index (χ3n) is 2.94. The molecule has 0 bridgehead atoms. The van der Waals surface area contributed by atoms with Crippen LogP contribution in [0.1, 0.15) is 12.1 Å². The molecule has 0 spiro atoms. The number of rotatable bonds is 5. The van der Waals surface area contributed by atoms with Crippen LogP contribution in [0.25, 0.3) is 11.1 Å². The number of aromatic nitrogens is 2. The van der Waals surface area contributed by atoms with Gasteiger partial charge in [-0.3, -0.25) is 9.48 Å². The lowest BCUT2D eigenvalue weighted by atomic mass is 10.0. The maximum Gasteiger partial charge on any atom is 0.303 e. The second kappa shape index (κ2) is 6.09. The van der Waals surface area contributed by atoms with Crippen molar-refractivity contribution < 1.29 is 14.6 Å². The van der Waals surface area contributed by atoms with Gasteiger partial charge in [0.25, 0.3) is 0 Å². The van der Waals surface area contributed by atoms with Gasteiger partial charge in [0, 0.05) is 25.2 Å². The van der Waals surface area contributed by atoms with E-state index in [0.29, 0.717) is 6.42 Å². The number of hydrogen-bond donors (Lipinski definition) is 1. The van der Waals surface area contributed by atoms with Crippen molar-refractivity contribution in [3.05, 3.63) is 34.6 Å². The Labute approximate surface area is 125 Å². The van der Waals surface area contributed by atoms with Gasteiger partial charge in [-0.2, -0.15) is 5.10 Å². The van der Waals surface area contributed by atoms with Crippen molar-refractivity contribution in [3.8, 4) is 16.9 Å². The summed E-state index contributed by atoms with van der Waals surface area (Å²) >= 11 is 3.45. The molecule has 0 saturated heterocycles. The molecule has 0 aliphatic carbocycles. The van der Waals surface area contributed by atoms with E-state index in [1.807, 2.05) is 31.4 Å². The van der Waals surface area contributed by atoms with E-state index in [1.165, 1.54) is 0 Å². The molecule has 0 amide bonds. The van der Waals surface area contributed by atoms with Crippen molar-refractivity contribution in [3.63, 3.8) is 0 Å². The lowest BCUT2D eigenvalue weighted by Gasteiger charge is -2.06. The van der Waals surface area contributed by atoms with E-state index >= 15 is 0 Å². The molecule has 2 aromatic rings. The Bertz CT molecular complexity index is 637. The fourth-order valence-electron chi connectivity index (χ4n) is 2.02. The summed E-state index contributed by atoms with van der Waals surface area (Å²) in [6, 6.07) is 5.75. The zero-order chi connectivity index (χ0) is 14.7. The van der Waals surface area contributed by atoms with Crippen LogP contribution < -0.4 is 4.74 Å². The van der Waals surface area contributed by atoms with E-state index in [4.69, 9.17) is 9.84 Å². The van der Waals surface area contributed by atoms with Gasteiger partial charge in [0.2, 0.25) is 0 Å². The quantitative estimate of drug-likeness (QED) is 0.910. The molecule has 0 unspecified atom stereocenters. The Morgan fingerprint density at radius 3 is 2.85 bits per heavy atom. The maximum absolute atomic E-state index is 10.7. The molecule has 0 saturated carbocycles. The van der Waals surface area contributed by atoms with Crippen molar-refractivity contribution in [2.24, 2.45) is 7.05 Å². The van der Waals surface area contributed by atoms with Crippen molar-refractivity contribution in [1.29, 1.82) is 0 Å². The molecule has 0 aliphatic rings. The number of ether oxygens (including phenoxy) is 1. The first-order valence-electron chi connectivity index (χ1n) is 6.09. The maximum atomic E-state index is 10.7. The molecule has 2 rings (SSSR count). The average Bonchev–Trinajstić information content (AvgIpc) is 2.77. The molecule has 0 aliphatic heterocycles. The standard InChI is InChI=1S/C14H15BrN2O3/c1-17-8-10(12(16-17)4-6-14(18)19)9-3-5-13(20-2)11(15)7-9/h3,5,7-8H,4,6H2,1-2H3,(H,18,19). The normalized spacial score (nSPS) is 10.6. The molecule has 5 nitrogen and oxygen atoms in total. The molecule has 6 heteroatoms. The van der Waals surface area contributed by atoms with E-state index in [9.17, 15) is 4.79 Å². The summed E-state index contributed by atoms with van der Waals surface area (Å²) in [6.07, 6.45) is 2.38. The smallest absolute Gasteiger partial charge is 0.303 e. The summed E-state index contributed by atoms with van der Waals surface area (Å²) in [6.45, 7) is 0. The third kappa shape index (κ3) is 3.19. The van der Waals surface area contributed by atoms with Crippen LogP contribution in [0.4, 0.5) is 0 Å². The minimum atomic E-state index is -0.822. The molecular formula is C14H15BrN2O3. The van der Waals surface area contributed by atoms with Gasteiger partial charge in [0.1, 0.15) is 5.75 Å². The second-order valence-electron chi connectivity index (χ2n) is 4.41. The Morgan fingerprint density at radius 2 is 2.25 bits per heavy atom. The predicted molar refractivity (Wildman–Crippen MR) is 78.9 cm³/mol. The van der Waals surface area contributed by atoms with Gasteiger partial charge in [-0.25, -0.2) is 0 Å². The fourth-order valence-corrected chi connectivity index (χ4v) is 2.56. The zero-order valence-corrected chi connectivity index (χ0v) is 12.8. The molecule has 1 aromatic carbocycles. The third-order valence-corrected chi connectivity index (χ3v) is 3.56. The lowest BCUT2D eigenvalue weighted by Crippen LogP contribution is -1.99. The van der Waals surface area contributed by atoms with Crippen LogP contribution in [0.3, 0.4) is 0 Å². The van der Waals surface area contributed by atoms with Crippen LogP contribution in [0, 0.1) is 0 Å². The Balaban J connectivity index is 2.36. The Morgan fingerprint density at radius 1 is 1.50 bits per heavy atom. The average molecular weight is 339 g/mol. The number of methoxy groups -OCH3 is 1. The number of carboxylic acids is 1. The molecule has 0 fully saturated rings. The van der Waals surface area contributed by atoms with Crippen LogP contribution in [-0.2, 0) is 18.3 Å². The van der Waals surface area contributed by atoms with Gasteiger partial charge < -0.3 is 9.84 Å². The van der Waals surface area contributed by atoms with Gasteiger partial charge in [0.05, 0.1) is 23.7 Å². The van der Waals surface area contributed by atoms with Crippen molar-refractivity contribution >= 4 is 21.9 Å². The summed E-state index contributed by atoms with van der Waals surface area (Å²) in [5, 5.41) is 13.1. The number of halogens is 1. The minimum absolute atomic E-state index is 0.0708. The van der Waals surface area contributed by atoms with Crippen molar-refractivity contribution in [2.45, 2.75) is 12.8 Å². The zero-order valence-electron chi connectivity index (χ0n) is 11.3. The van der Waals surface area contributed by atoms with Crippen LogP contribution in [0.5, 0.6) is 5.75 Å². The minimum Gasteiger partial charge on any atom is -0.496 e. The van der Waals surface area contributed by atoms with Crippen LogP contribution in [-0.4, -0.2) is 28.0 Å². The van der Waals surface area contributed by atoms with Gasteiger partial charge in [0.15, 0.2) is 0 Å². The Hall–Kier alpha value is -1.82. The highest BCUT2D eigenvalue weighted by molar-refractivity contribution is 9.10. The highest BCUT2D eigenvalue weighted by Crippen LogP contribution is 2.32. The van der Waals surface area contributed by atoms with E-state index in [-0.39, 0.29) is 6.42 Å². The van der Waals surface area contributed by atoms with Gasteiger partial charge in [-0.15, -0.1) is 0 Å². The Kier molecular flexibility index (Phi) is 4.44. The second-order valence-corrected chi connectivity index (χ2v) is 5.26. The monoisotopic (exact) mass is 338 g/mol. The van der Waals surface area contributed by atoms with Crippen LogP contribution >= 0.6 is 15.9 Å². The van der Waals surface area contributed by atoms with Crippen LogP contribution in [0.15, 0.2) is 28.9 Å². The molecule has 106 valence electrons. The number of carboxylic acid groups (broad SMARTS) is 1. The topological polar surface area (TPSA) is 64.4 Å². The summed E-state index contributed by atoms with van der Waals surface area (Å²) in [5.41, 5.74) is 2.70. The number of nitrogens with zero attached hydrogens (tertiary/aromatic N) is 2. The number of hydrogen-bond acceptors (Lipinski definition) is 3. The molecular weight excluding hydrogens is 324 g/mol. The summed E-state index contributed by atoms with van der Waals surface area (Å²) in [5.74, 6) is -0.0674. The molecule has 0 radical (unpaired) electrons. The summed E-state index contributed by atoms with van der Waals surface area (Å²) in [4.78, 5) is 10.7. The van der Waals surface area contributed by atoms with E-state index in [0.717, 1.165) is 27.0 Å². The van der Waals surface area contributed by atoms with Gasteiger partial charge in [-0.05, 0) is 33.6 Å². The molecule has 1 aromatic heterocycles. The molecule has 1 heterocycles. The predicted octanol–water partition coefficient (Wildman–Crippen LogP) is 2.88. The van der Waals surface area contributed by atoms with E-state index < -0.39 is 5.97 Å². The first kappa shape index (κ1) is 14.6. The lowest BCUT2D eigenvalue weighted by molar-refractivity contribution is -0.136. The molecule has 20 heavy (non-hydrogen) atoms. The summed E-state index contributed by atoms with van der Waals surface area (Å²) in [7, 11) is 3.44. The van der Waals surface area contributed by atoms with Crippen molar-refractivity contribution in [2.75, 3.05) is 7.11 Å². The number of carbonyl (C=O) groups is 1. The fraction of sp³-hybridized carbons (Fsp3) is 0.286. The first-order valence-corrected chi connectivity index (χ1v) is 6.88. The van der Waals surface area contributed by atoms with Gasteiger partial charge in [-0.1, -0.05) is 6.07 Å².